The molecule has 2 rings (SSSR count). The van der Waals surface area contributed by atoms with Crippen LogP contribution in [-0.4, -0.2) is 23.6 Å². The van der Waals surface area contributed by atoms with Gasteiger partial charge in [0.1, 0.15) is 0 Å². The summed E-state index contributed by atoms with van der Waals surface area (Å²) in [5.74, 6) is 1.11. The molecule has 0 amide bonds. The van der Waals surface area contributed by atoms with Crippen LogP contribution in [0.25, 0.3) is 0 Å². The van der Waals surface area contributed by atoms with Crippen LogP contribution in [0.5, 0.6) is 0 Å². The zero-order valence-corrected chi connectivity index (χ0v) is 11.0. The molecule has 1 aromatic rings. The van der Waals surface area contributed by atoms with E-state index in [2.05, 4.69) is 24.8 Å². The molecule has 1 saturated heterocycles. The molecule has 17 heavy (non-hydrogen) atoms. The highest BCUT2D eigenvalue weighted by Gasteiger charge is 2.26. The van der Waals surface area contributed by atoms with E-state index in [9.17, 15) is 0 Å². The van der Waals surface area contributed by atoms with Crippen LogP contribution in [0.1, 0.15) is 19.4 Å². The summed E-state index contributed by atoms with van der Waals surface area (Å²) in [6.07, 6.45) is 0. The number of anilines is 2. The summed E-state index contributed by atoms with van der Waals surface area (Å²) < 4.78 is 0. The zero-order chi connectivity index (χ0) is 12.4. The summed E-state index contributed by atoms with van der Waals surface area (Å²) in [6.45, 7) is 5.45. The van der Waals surface area contributed by atoms with Gasteiger partial charge in [-0.15, -0.1) is 0 Å². The standard InChI is InChI=1S/C13H17N3S/c1-9-10(2)17-6-5-16(9)13-7-11(8-14)3-4-12(13)15/h3-4,7,9-10H,5-6,15H2,1-2H3. The Morgan fingerprint density at radius 1 is 1.47 bits per heavy atom. The Labute approximate surface area is 107 Å². The van der Waals surface area contributed by atoms with Crippen LogP contribution in [0.2, 0.25) is 0 Å². The van der Waals surface area contributed by atoms with Gasteiger partial charge in [0.15, 0.2) is 0 Å². The Balaban J connectivity index is 2.35. The summed E-state index contributed by atoms with van der Waals surface area (Å²) in [5.41, 5.74) is 8.46. The van der Waals surface area contributed by atoms with Gasteiger partial charge in [-0.2, -0.15) is 17.0 Å². The van der Waals surface area contributed by atoms with Crippen LogP contribution >= 0.6 is 11.8 Å². The number of nitrogens with zero attached hydrogens (tertiary/aromatic N) is 2. The first-order valence-electron chi connectivity index (χ1n) is 5.81. The first-order chi connectivity index (χ1) is 8.13. The molecule has 4 heteroatoms. The van der Waals surface area contributed by atoms with Crippen LogP contribution in [0.4, 0.5) is 11.4 Å². The van der Waals surface area contributed by atoms with Crippen molar-refractivity contribution in [2.75, 3.05) is 22.9 Å². The van der Waals surface area contributed by atoms with Gasteiger partial charge in [-0.1, -0.05) is 6.92 Å². The summed E-state index contributed by atoms with van der Waals surface area (Å²) in [7, 11) is 0. The molecule has 0 bridgehead atoms. The third-order valence-electron chi connectivity index (χ3n) is 3.35. The van der Waals surface area contributed by atoms with Crippen molar-refractivity contribution in [3.63, 3.8) is 0 Å². The van der Waals surface area contributed by atoms with E-state index in [0.717, 1.165) is 23.7 Å². The maximum absolute atomic E-state index is 8.96. The molecule has 0 aromatic heterocycles. The molecule has 2 unspecified atom stereocenters. The van der Waals surface area contributed by atoms with E-state index in [1.807, 2.05) is 23.9 Å². The Hall–Kier alpha value is -1.34. The number of hydrogen-bond donors (Lipinski definition) is 1. The number of hydrogen-bond acceptors (Lipinski definition) is 4. The topological polar surface area (TPSA) is 53.0 Å². The van der Waals surface area contributed by atoms with Crippen LogP contribution < -0.4 is 10.6 Å². The first kappa shape index (κ1) is 12.1. The minimum Gasteiger partial charge on any atom is -0.397 e. The molecule has 3 nitrogen and oxygen atoms in total. The smallest absolute Gasteiger partial charge is 0.0992 e. The number of rotatable bonds is 1. The normalized spacial score (nSPS) is 24.4. The highest BCUT2D eigenvalue weighted by Crippen LogP contribution is 2.32. The molecule has 1 heterocycles. The van der Waals surface area contributed by atoms with Gasteiger partial charge in [0.25, 0.3) is 0 Å². The van der Waals surface area contributed by atoms with Crippen molar-refractivity contribution < 1.29 is 0 Å². The minimum atomic E-state index is 0.449. The van der Waals surface area contributed by atoms with Crippen LogP contribution in [0, 0.1) is 11.3 Å². The number of thioether (sulfide) groups is 1. The van der Waals surface area contributed by atoms with Crippen molar-refractivity contribution in [1.82, 2.24) is 0 Å². The van der Waals surface area contributed by atoms with Crippen molar-refractivity contribution in [3.05, 3.63) is 23.8 Å². The van der Waals surface area contributed by atoms with Crippen molar-refractivity contribution in [1.29, 1.82) is 5.26 Å². The van der Waals surface area contributed by atoms with Gasteiger partial charge < -0.3 is 10.6 Å². The van der Waals surface area contributed by atoms with Gasteiger partial charge in [0.2, 0.25) is 0 Å². The molecule has 1 aromatic carbocycles. The summed E-state index contributed by atoms with van der Waals surface area (Å²) in [6, 6.07) is 8.11. The molecule has 1 aliphatic heterocycles. The van der Waals surface area contributed by atoms with E-state index in [0.29, 0.717) is 16.9 Å². The van der Waals surface area contributed by atoms with Crippen LogP contribution in [0.15, 0.2) is 18.2 Å². The summed E-state index contributed by atoms with van der Waals surface area (Å²) >= 11 is 1.99. The highest BCUT2D eigenvalue weighted by atomic mass is 32.2. The molecular weight excluding hydrogens is 230 g/mol. The fourth-order valence-electron chi connectivity index (χ4n) is 2.14. The second-order valence-electron chi connectivity index (χ2n) is 4.40. The molecule has 2 atom stereocenters. The third kappa shape index (κ3) is 2.34. The molecule has 0 radical (unpaired) electrons. The predicted octanol–water partition coefficient (Wildman–Crippen LogP) is 2.47. The summed E-state index contributed by atoms with van der Waals surface area (Å²) in [4.78, 5) is 2.32. The lowest BCUT2D eigenvalue weighted by molar-refractivity contribution is 0.628. The van der Waals surface area contributed by atoms with Gasteiger partial charge in [-0.3, -0.25) is 0 Å². The van der Waals surface area contributed by atoms with Crippen molar-refractivity contribution in [3.8, 4) is 6.07 Å². The Morgan fingerprint density at radius 3 is 2.94 bits per heavy atom. The first-order valence-corrected chi connectivity index (χ1v) is 6.86. The Bertz CT molecular complexity index is 452. The van der Waals surface area contributed by atoms with E-state index in [4.69, 9.17) is 11.0 Å². The van der Waals surface area contributed by atoms with Gasteiger partial charge in [-0.25, -0.2) is 0 Å². The maximum Gasteiger partial charge on any atom is 0.0992 e. The van der Waals surface area contributed by atoms with Gasteiger partial charge in [0, 0.05) is 23.6 Å². The van der Waals surface area contributed by atoms with Gasteiger partial charge in [-0.05, 0) is 25.1 Å². The second-order valence-corrected chi connectivity index (χ2v) is 5.88. The lowest BCUT2D eigenvalue weighted by atomic mass is 10.1. The molecule has 0 spiro atoms. The van der Waals surface area contributed by atoms with Crippen LogP contribution in [0.3, 0.4) is 0 Å². The third-order valence-corrected chi connectivity index (χ3v) is 4.69. The van der Waals surface area contributed by atoms with Crippen molar-refractivity contribution in [2.24, 2.45) is 0 Å². The molecule has 2 N–H and O–H groups in total. The quantitative estimate of drug-likeness (QED) is 0.775. The van der Waals surface area contributed by atoms with Gasteiger partial charge in [0.05, 0.1) is 23.0 Å². The molecular formula is C13H17N3S. The van der Waals surface area contributed by atoms with Crippen molar-refractivity contribution in [2.45, 2.75) is 25.1 Å². The van der Waals surface area contributed by atoms with Gasteiger partial charge >= 0.3 is 0 Å². The second kappa shape index (κ2) is 4.89. The monoisotopic (exact) mass is 247 g/mol. The largest absolute Gasteiger partial charge is 0.397 e. The molecule has 0 aliphatic carbocycles. The molecule has 90 valence electrons. The van der Waals surface area contributed by atoms with Crippen LogP contribution in [-0.2, 0) is 0 Å². The SMILES string of the molecule is CC1SCCN(c2cc(C#N)ccc2N)C1C. The predicted molar refractivity (Wildman–Crippen MR) is 74.3 cm³/mol. The molecule has 0 saturated carbocycles. The number of nitriles is 1. The molecule has 1 fully saturated rings. The number of nitrogens with two attached hydrogens (primary N) is 1. The van der Waals surface area contributed by atoms with E-state index in [-0.39, 0.29) is 0 Å². The maximum atomic E-state index is 8.96. The number of nitrogen functional groups attached to an aromatic ring is 1. The van der Waals surface area contributed by atoms with Crippen molar-refractivity contribution >= 4 is 23.1 Å². The minimum absolute atomic E-state index is 0.449. The molecule has 1 aliphatic rings. The fourth-order valence-corrected chi connectivity index (χ4v) is 3.23. The van der Waals surface area contributed by atoms with E-state index >= 15 is 0 Å². The van der Waals surface area contributed by atoms with E-state index in [1.165, 1.54) is 0 Å². The van der Waals surface area contributed by atoms with E-state index in [1.54, 1.807) is 6.07 Å². The average molecular weight is 247 g/mol. The zero-order valence-electron chi connectivity index (χ0n) is 10.2. The van der Waals surface area contributed by atoms with E-state index < -0.39 is 0 Å². The highest BCUT2D eigenvalue weighted by molar-refractivity contribution is 8.00. The Morgan fingerprint density at radius 2 is 2.24 bits per heavy atom. The number of benzene rings is 1. The Kier molecular flexibility index (Phi) is 3.49. The fraction of sp³-hybridized carbons (Fsp3) is 0.462. The lowest BCUT2D eigenvalue weighted by Gasteiger charge is -2.39. The average Bonchev–Trinajstić information content (AvgIpc) is 2.34. The lowest BCUT2D eigenvalue weighted by Crippen LogP contribution is -2.45. The summed E-state index contributed by atoms with van der Waals surface area (Å²) in [5, 5.41) is 9.55.